The molecule has 0 aliphatic carbocycles. The number of ketones is 1. The fourth-order valence-electron chi connectivity index (χ4n) is 3.38. The smallest absolute Gasteiger partial charge is 0.287 e. The second kappa shape index (κ2) is 9.30. The molecule has 1 aliphatic rings. The molecule has 1 aromatic rings. The zero-order chi connectivity index (χ0) is 18.4. The topological polar surface area (TPSA) is 49.4 Å². The highest BCUT2D eigenvalue weighted by molar-refractivity contribution is 6.36. The van der Waals surface area contributed by atoms with Crippen molar-refractivity contribution in [2.75, 3.05) is 13.1 Å². The zero-order valence-corrected chi connectivity index (χ0v) is 15.6. The first kappa shape index (κ1) is 19.9. The molecule has 6 heteroatoms. The van der Waals surface area contributed by atoms with Crippen LogP contribution in [0.25, 0.3) is 0 Å². The van der Waals surface area contributed by atoms with Gasteiger partial charge in [-0.1, -0.05) is 24.1 Å². The highest BCUT2D eigenvalue weighted by Gasteiger charge is 2.24. The van der Waals surface area contributed by atoms with Crippen molar-refractivity contribution in [3.05, 3.63) is 34.6 Å². The second-order valence-corrected chi connectivity index (χ2v) is 7.28. The molecule has 138 valence electrons. The van der Waals surface area contributed by atoms with Gasteiger partial charge in [-0.2, -0.15) is 0 Å². The summed E-state index contributed by atoms with van der Waals surface area (Å²) in [4.78, 5) is 26.4. The Bertz CT molecular complexity index is 621. The maximum Gasteiger partial charge on any atom is 0.287 e. The van der Waals surface area contributed by atoms with Gasteiger partial charge in [0.2, 0.25) is 5.78 Å². The Balaban J connectivity index is 1.79. The number of carbonyl (C=O) groups excluding carboxylic acids is 2. The van der Waals surface area contributed by atoms with Gasteiger partial charge in [-0.3, -0.25) is 14.5 Å². The molecule has 1 unspecified atom stereocenters. The maximum atomic E-state index is 13.4. The van der Waals surface area contributed by atoms with Crippen LogP contribution in [0.4, 0.5) is 4.39 Å². The first-order valence-corrected chi connectivity index (χ1v) is 9.27. The van der Waals surface area contributed by atoms with Crippen LogP contribution in [0.5, 0.6) is 0 Å². The van der Waals surface area contributed by atoms with Crippen LogP contribution in [0.3, 0.4) is 0 Å². The summed E-state index contributed by atoms with van der Waals surface area (Å²) in [6.45, 7) is 5.95. The van der Waals surface area contributed by atoms with Gasteiger partial charge in [-0.15, -0.1) is 0 Å². The zero-order valence-electron chi connectivity index (χ0n) is 14.9. The monoisotopic (exact) mass is 368 g/mol. The lowest BCUT2D eigenvalue weighted by atomic mass is 9.97. The van der Waals surface area contributed by atoms with Crippen molar-refractivity contribution in [1.29, 1.82) is 0 Å². The van der Waals surface area contributed by atoms with Crippen molar-refractivity contribution in [3.63, 3.8) is 0 Å². The number of piperidine rings is 1. The van der Waals surface area contributed by atoms with E-state index in [4.69, 9.17) is 11.6 Å². The summed E-state index contributed by atoms with van der Waals surface area (Å²) in [7, 11) is 0. The van der Waals surface area contributed by atoms with Crippen molar-refractivity contribution in [2.45, 2.75) is 58.0 Å². The number of carbonyl (C=O) groups is 2. The van der Waals surface area contributed by atoms with Crippen LogP contribution in [0, 0.1) is 5.82 Å². The highest BCUT2D eigenvalue weighted by atomic mass is 35.5. The number of amides is 1. The number of nitrogens with zero attached hydrogens (tertiary/aromatic N) is 1. The largest absolute Gasteiger partial charge is 0.349 e. The van der Waals surface area contributed by atoms with Crippen molar-refractivity contribution in [1.82, 2.24) is 10.2 Å². The minimum absolute atomic E-state index is 0.00263. The number of nitrogens with one attached hydrogen (secondary N) is 1. The minimum Gasteiger partial charge on any atom is -0.349 e. The molecule has 2 rings (SSSR count). The fraction of sp³-hybridized carbons (Fsp3) is 0.579. The van der Waals surface area contributed by atoms with E-state index in [1.807, 2.05) is 0 Å². The quantitative estimate of drug-likeness (QED) is 0.751. The highest BCUT2D eigenvalue weighted by Crippen LogP contribution is 2.21. The van der Waals surface area contributed by atoms with Crippen molar-refractivity contribution >= 4 is 23.3 Å². The number of likely N-dealkylation sites (tertiary alicyclic amines) is 1. The van der Waals surface area contributed by atoms with Crippen molar-refractivity contribution in [2.24, 2.45) is 0 Å². The Morgan fingerprint density at radius 3 is 2.80 bits per heavy atom. The van der Waals surface area contributed by atoms with Crippen molar-refractivity contribution in [3.8, 4) is 0 Å². The van der Waals surface area contributed by atoms with E-state index in [1.165, 1.54) is 25.0 Å². The Labute approximate surface area is 153 Å². The molecule has 4 nitrogen and oxygen atoms in total. The van der Waals surface area contributed by atoms with Gasteiger partial charge < -0.3 is 5.32 Å². The SMILES string of the molecule is CC(C)N1CCCCC1CCNC(=O)C(=O)Cc1ccc(Cl)c(F)c1. The summed E-state index contributed by atoms with van der Waals surface area (Å²) in [5, 5.41) is 2.70. The molecular weight excluding hydrogens is 343 g/mol. The molecule has 1 fully saturated rings. The van der Waals surface area contributed by atoms with E-state index in [1.54, 1.807) is 6.07 Å². The van der Waals surface area contributed by atoms with Gasteiger partial charge in [0.1, 0.15) is 5.82 Å². The molecule has 25 heavy (non-hydrogen) atoms. The van der Waals surface area contributed by atoms with Crippen LogP contribution in [-0.2, 0) is 16.0 Å². The van der Waals surface area contributed by atoms with Crippen LogP contribution in [0.1, 0.15) is 45.1 Å². The Kier molecular flexibility index (Phi) is 7.38. The third kappa shape index (κ3) is 5.79. The normalized spacial score (nSPS) is 18.4. The molecule has 1 saturated heterocycles. The number of Topliss-reactive ketones (excluding diaryl/α,β-unsaturated/α-hetero) is 1. The molecule has 1 N–H and O–H groups in total. The molecule has 1 atom stereocenters. The Morgan fingerprint density at radius 1 is 1.36 bits per heavy atom. The van der Waals surface area contributed by atoms with Gasteiger partial charge in [-0.25, -0.2) is 4.39 Å². The van der Waals surface area contributed by atoms with Gasteiger partial charge in [0.05, 0.1) is 5.02 Å². The second-order valence-electron chi connectivity index (χ2n) is 6.87. The molecule has 1 heterocycles. The number of rotatable bonds is 7. The van der Waals surface area contributed by atoms with Crippen LogP contribution < -0.4 is 5.32 Å². The number of hydrogen-bond donors (Lipinski definition) is 1. The van der Waals surface area contributed by atoms with E-state index in [0.29, 0.717) is 24.2 Å². The predicted molar refractivity (Wildman–Crippen MR) is 97.2 cm³/mol. The van der Waals surface area contributed by atoms with Crippen molar-refractivity contribution < 1.29 is 14.0 Å². The first-order valence-electron chi connectivity index (χ1n) is 8.89. The summed E-state index contributed by atoms with van der Waals surface area (Å²) >= 11 is 5.61. The summed E-state index contributed by atoms with van der Waals surface area (Å²) in [5.74, 6) is -1.76. The van der Waals surface area contributed by atoms with E-state index < -0.39 is 17.5 Å². The third-order valence-electron chi connectivity index (χ3n) is 4.70. The lowest BCUT2D eigenvalue weighted by Gasteiger charge is -2.38. The van der Waals surface area contributed by atoms with Crippen LogP contribution >= 0.6 is 11.6 Å². The average Bonchev–Trinajstić information content (AvgIpc) is 2.58. The Hall–Kier alpha value is -1.46. The summed E-state index contributed by atoms with van der Waals surface area (Å²) in [5.41, 5.74) is 0.445. The van der Waals surface area contributed by atoms with Gasteiger partial charge in [0.25, 0.3) is 5.91 Å². The summed E-state index contributed by atoms with van der Waals surface area (Å²) < 4.78 is 13.4. The number of halogens is 2. The summed E-state index contributed by atoms with van der Waals surface area (Å²) in [6.07, 6.45) is 4.28. The van der Waals surface area contributed by atoms with Crippen LogP contribution in [-0.4, -0.2) is 41.8 Å². The van der Waals surface area contributed by atoms with Gasteiger partial charge in [0, 0.05) is 25.0 Å². The van der Waals surface area contributed by atoms with Crippen LogP contribution in [0.2, 0.25) is 5.02 Å². The van der Waals surface area contributed by atoms with E-state index in [0.717, 1.165) is 19.4 Å². The molecule has 0 bridgehead atoms. The molecule has 1 aliphatic heterocycles. The maximum absolute atomic E-state index is 13.4. The minimum atomic E-state index is -0.609. The van der Waals surface area contributed by atoms with E-state index in [9.17, 15) is 14.0 Å². The third-order valence-corrected chi connectivity index (χ3v) is 5.01. The van der Waals surface area contributed by atoms with Crippen LogP contribution in [0.15, 0.2) is 18.2 Å². The molecule has 1 aromatic carbocycles. The number of hydrogen-bond acceptors (Lipinski definition) is 3. The fourth-order valence-corrected chi connectivity index (χ4v) is 3.50. The predicted octanol–water partition coefficient (Wildman–Crippen LogP) is 3.36. The Morgan fingerprint density at radius 2 is 2.12 bits per heavy atom. The molecular formula is C19H26ClFN2O2. The molecule has 0 aromatic heterocycles. The van der Waals surface area contributed by atoms with Gasteiger partial charge in [0.15, 0.2) is 0 Å². The van der Waals surface area contributed by atoms with E-state index in [-0.39, 0.29) is 11.4 Å². The first-order chi connectivity index (χ1) is 11.9. The standard InChI is InChI=1S/C19H26ClFN2O2/c1-13(2)23-10-4-3-5-15(23)8-9-22-19(25)18(24)12-14-6-7-16(20)17(21)11-14/h6-7,11,13,15H,3-5,8-10,12H2,1-2H3,(H,22,25). The lowest BCUT2D eigenvalue weighted by Crippen LogP contribution is -2.45. The molecule has 0 saturated carbocycles. The van der Waals surface area contributed by atoms with Gasteiger partial charge >= 0.3 is 0 Å². The number of benzene rings is 1. The molecule has 1 amide bonds. The van der Waals surface area contributed by atoms with E-state index >= 15 is 0 Å². The van der Waals surface area contributed by atoms with Gasteiger partial charge in [-0.05, 0) is 57.4 Å². The summed E-state index contributed by atoms with van der Waals surface area (Å²) in [6, 6.07) is 5.08. The molecule has 0 spiro atoms. The lowest BCUT2D eigenvalue weighted by molar-refractivity contribution is -0.137. The molecule has 0 radical (unpaired) electrons. The average molecular weight is 369 g/mol. The van der Waals surface area contributed by atoms with E-state index in [2.05, 4.69) is 24.1 Å².